The van der Waals surface area contributed by atoms with Crippen molar-refractivity contribution in [2.75, 3.05) is 11.1 Å². The Bertz CT molecular complexity index is 1100. The Hall–Kier alpha value is -2.49. The molecule has 0 spiro atoms. The lowest BCUT2D eigenvalue weighted by molar-refractivity contribution is -0.113. The molecule has 3 aromatic heterocycles. The lowest BCUT2D eigenvalue weighted by Crippen LogP contribution is -2.22. The minimum absolute atomic E-state index is 0.126. The first-order valence-electron chi connectivity index (χ1n) is 7.60. The molecule has 1 amide bonds. The van der Waals surface area contributed by atoms with E-state index in [1.165, 1.54) is 34.4 Å². The van der Waals surface area contributed by atoms with Crippen molar-refractivity contribution in [2.24, 2.45) is 0 Å². The van der Waals surface area contributed by atoms with E-state index in [2.05, 4.69) is 15.3 Å². The van der Waals surface area contributed by atoms with Crippen LogP contribution in [0.4, 0.5) is 5.13 Å². The van der Waals surface area contributed by atoms with E-state index in [1.807, 2.05) is 41.8 Å². The summed E-state index contributed by atoms with van der Waals surface area (Å²) in [6, 6.07) is 11.1. The second kappa shape index (κ2) is 7.40. The van der Waals surface area contributed by atoms with Gasteiger partial charge >= 0.3 is 0 Å². The summed E-state index contributed by atoms with van der Waals surface area (Å²) in [5.41, 5.74) is 1.25. The van der Waals surface area contributed by atoms with Gasteiger partial charge in [0.2, 0.25) is 5.91 Å². The van der Waals surface area contributed by atoms with Crippen LogP contribution < -0.4 is 10.9 Å². The normalized spacial score (nSPS) is 10.9. The van der Waals surface area contributed by atoms with Gasteiger partial charge in [0.05, 0.1) is 17.0 Å². The molecule has 0 radical (unpaired) electrons. The van der Waals surface area contributed by atoms with Gasteiger partial charge in [-0.25, -0.2) is 9.97 Å². The van der Waals surface area contributed by atoms with E-state index in [4.69, 9.17) is 0 Å². The molecule has 3 heterocycles. The van der Waals surface area contributed by atoms with Gasteiger partial charge in [0, 0.05) is 11.6 Å². The number of carbonyl (C=O) groups is 1. The summed E-state index contributed by atoms with van der Waals surface area (Å²) < 4.78 is 2.16. The Labute approximate surface area is 160 Å². The monoisotopic (exact) mass is 400 g/mol. The third kappa shape index (κ3) is 3.41. The number of thiophene rings is 1. The lowest BCUT2D eigenvalue weighted by atomic mass is 10.3. The van der Waals surface area contributed by atoms with Gasteiger partial charge in [-0.3, -0.25) is 14.2 Å². The Morgan fingerprint density at radius 1 is 1.15 bits per heavy atom. The fraction of sp³-hybridized carbons (Fsp3) is 0.0588. The van der Waals surface area contributed by atoms with Crippen molar-refractivity contribution in [2.45, 2.75) is 5.16 Å². The number of nitrogens with one attached hydrogen (secondary N) is 1. The SMILES string of the molecule is O=C(CSc1nc2ccsc2c(=O)n1-c1ccccc1)Nc1nccs1. The number of benzene rings is 1. The van der Waals surface area contributed by atoms with Crippen molar-refractivity contribution in [3.05, 3.63) is 63.7 Å². The zero-order valence-corrected chi connectivity index (χ0v) is 15.7. The van der Waals surface area contributed by atoms with Gasteiger partial charge in [-0.15, -0.1) is 22.7 Å². The summed E-state index contributed by atoms with van der Waals surface area (Å²) in [4.78, 5) is 33.7. The first-order chi connectivity index (χ1) is 12.7. The first kappa shape index (κ1) is 17.0. The molecule has 130 valence electrons. The molecule has 0 aliphatic heterocycles. The highest BCUT2D eigenvalue weighted by Gasteiger charge is 2.15. The first-order valence-corrected chi connectivity index (χ1v) is 10.3. The number of para-hydroxylation sites is 1. The van der Waals surface area contributed by atoms with E-state index in [9.17, 15) is 9.59 Å². The molecule has 0 fully saturated rings. The molecule has 0 saturated carbocycles. The zero-order chi connectivity index (χ0) is 17.9. The number of thioether (sulfide) groups is 1. The maximum absolute atomic E-state index is 12.9. The molecule has 4 rings (SSSR count). The lowest BCUT2D eigenvalue weighted by Gasteiger charge is -2.11. The summed E-state index contributed by atoms with van der Waals surface area (Å²) in [5, 5.41) is 7.41. The maximum atomic E-state index is 12.9. The van der Waals surface area contributed by atoms with Crippen LogP contribution in [0.3, 0.4) is 0 Å². The van der Waals surface area contributed by atoms with E-state index in [0.29, 0.717) is 20.5 Å². The van der Waals surface area contributed by atoms with Gasteiger partial charge in [0.1, 0.15) is 4.70 Å². The number of carbonyl (C=O) groups excluding carboxylic acids is 1. The van der Waals surface area contributed by atoms with Crippen LogP contribution in [0.1, 0.15) is 0 Å². The van der Waals surface area contributed by atoms with Gasteiger partial charge in [0.15, 0.2) is 10.3 Å². The number of thiazole rings is 1. The van der Waals surface area contributed by atoms with E-state index < -0.39 is 0 Å². The Morgan fingerprint density at radius 3 is 2.77 bits per heavy atom. The molecule has 4 aromatic rings. The van der Waals surface area contributed by atoms with Crippen molar-refractivity contribution < 1.29 is 4.79 Å². The van der Waals surface area contributed by atoms with Crippen LogP contribution in [0.5, 0.6) is 0 Å². The van der Waals surface area contributed by atoms with Gasteiger partial charge in [-0.1, -0.05) is 30.0 Å². The molecule has 6 nitrogen and oxygen atoms in total. The molecular weight excluding hydrogens is 388 g/mol. The van der Waals surface area contributed by atoms with Crippen molar-refractivity contribution >= 4 is 55.7 Å². The molecule has 1 N–H and O–H groups in total. The molecular formula is C17H12N4O2S3. The van der Waals surface area contributed by atoms with Gasteiger partial charge < -0.3 is 5.32 Å². The molecule has 0 atom stereocenters. The quantitative estimate of drug-likeness (QED) is 0.409. The Morgan fingerprint density at radius 2 is 2.00 bits per heavy atom. The summed E-state index contributed by atoms with van der Waals surface area (Å²) in [5.74, 6) is -0.0571. The number of fused-ring (bicyclic) bond motifs is 1. The molecule has 0 aliphatic rings. The summed E-state index contributed by atoms with van der Waals surface area (Å²) in [6.45, 7) is 0. The molecule has 26 heavy (non-hydrogen) atoms. The highest BCUT2D eigenvalue weighted by molar-refractivity contribution is 7.99. The predicted molar refractivity (Wildman–Crippen MR) is 107 cm³/mol. The molecule has 0 aliphatic carbocycles. The second-order valence-electron chi connectivity index (χ2n) is 5.18. The Balaban J connectivity index is 1.67. The van der Waals surface area contributed by atoms with Crippen LogP contribution in [-0.4, -0.2) is 26.2 Å². The second-order valence-corrected chi connectivity index (χ2v) is 7.93. The maximum Gasteiger partial charge on any atom is 0.276 e. The van der Waals surface area contributed by atoms with Crippen molar-refractivity contribution in [1.82, 2.24) is 14.5 Å². The fourth-order valence-corrected chi connectivity index (χ4v) is 4.48. The summed E-state index contributed by atoms with van der Waals surface area (Å²) in [6.07, 6.45) is 1.63. The number of hydrogen-bond acceptors (Lipinski definition) is 7. The number of anilines is 1. The van der Waals surface area contributed by atoms with Crippen molar-refractivity contribution in [3.8, 4) is 5.69 Å². The number of rotatable bonds is 5. The topological polar surface area (TPSA) is 76.9 Å². The van der Waals surface area contributed by atoms with E-state index in [0.717, 1.165) is 5.69 Å². The van der Waals surface area contributed by atoms with Crippen LogP contribution in [0.2, 0.25) is 0 Å². The van der Waals surface area contributed by atoms with Crippen molar-refractivity contribution in [3.63, 3.8) is 0 Å². The van der Waals surface area contributed by atoms with Crippen molar-refractivity contribution in [1.29, 1.82) is 0 Å². The van der Waals surface area contributed by atoms with E-state index >= 15 is 0 Å². The van der Waals surface area contributed by atoms with Crippen LogP contribution in [-0.2, 0) is 4.79 Å². The van der Waals surface area contributed by atoms with Gasteiger partial charge in [-0.05, 0) is 23.6 Å². The van der Waals surface area contributed by atoms with Crippen LogP contribution in [0.25, 0.3) is 15.9 Å². The van der Waals surface area contributed by atoms with Crippen LogP contribution in [0, 0.1) is 0 Å². The summed E-state index contributed by atoms with van der Waals surface area (Å²) in [7, 11) is 0. The average molecular weight is 401 g/mol. The summed E-state index contributed by atoms with van der Waals surface area (Å²) >= 11 is 3.95. The standard InChI is InChI=1S/C17H12N4O2S3/c22-13(20-16-18-7-9-25-16)10-26-17-19-12-6-8-24-14(12)15(23)21(17)11-4-2-1-3-5-11/h1-9H,10H2,(H,18,20,22). The largest absolute Gasteiger partial charge is 0.301 e. The smallest absolute Gasteiger partial charge is 0.276 e. The molecule has 0 bridgehead atoms. The average Bonchev–Trinajstić information content (AvgIpc) is 3.32. The van der Waals surface area contributed by atoms with Gasteiger partial charge in [-0.2, -0.15) is 0 Å². The molecule has 1 aromatic carbocycles. The molecule has 9 heteroatoms. The zero-order valence-electron chi connectivity index (χ0n) is 13.3. The fourth-order valence-electron chi connectivity index (χ4n) is 2.36. The minimum Gasteiger partial charge on any atom is -0.301 e. The number of amides is 1. The van der Waals surface area contributed by atoms with Crippen LogP contribution >= 0.6 is 34.4 Å². The van der Waals surface area contributed by atoms with Gasteiger partial charge in [0.25, 0.3) is 5.56 Å². The third-order valence-corrected chi connectivity index (χ3v) is 5.99. The minimum atomic E-state index is -0.191. The predicted octanol–water partition coefficient (Wildman–Crippen LogP) is 3.63. The highest BCUT2D eigenvalue weighted by atomic mass is 32.2. The van der Waals surface area contributed by atoms with E-state index in [1.54, 1.807) is 16.1 Å². The molecule has 0 saturated heterocycles. The highest BCUT2D eigenvalue weighted by Crippen LogP contribution is 2.23. The number of aromatic nitrogens is 3. The third-order valence-electron chi connectivity index (χ3n) is 3.47. The molecule has 0 unspecified atom stereocenters. The number of hydrogen-bond donors (Lipinski definition) is 1. The van der Waals surface area contributed by atoms with Crippen LogP contribution in [0.15, 0.2) is 63.3 Å². The number of nitrogens with zero attached hydrogens (tertiary/aromatic N) is 3. The Kier molecular flexibility index (Phi) is 4.83. The van der Waals surface area contributed by atoms with E-state index in [-0.39, 0.29) is 17.2 Å².